The van der Waals surface area contributed by atoms with E-state index in [0.29, 0.717) is 27.8 Å². The predicted molar refractivity (Wildman–Crippen MR) is 99.1 cm³/mol. The lowest BCUT2D eigenvalue weighted by molar-refractivity contribution is -0.131. The summed E-state index contributed by atoms with van der Waals surface area (Å²) in [5.74, 6) is -0.868. The van der Waals surface area contributed by atoms with Gasteiger partial charge in [-0.25, -0.2) is 9.79 Å². The second-order valence-electron chi connectivity index (χ2n) is 5.49. The summed E-state index contributed by atoms with van der Waals surface area (Å²) >= 11 is 11.9. The summed E-state index contributed by atoms with van der Waals surface area (Å²) in [5.41, 5.74) is -0.947. The summed E-state index contributed by atoms with van der Waals surface area (Å²) in [6.45, 7) is 2.15. The van der Waals surface area contributed by atoms with Crippen molar-refractivity contribution in [2.45, 2.75) is 12.5 Å². The van der Waals surface area contributed by atoms with Crippen LogP contribution >= 0.6 is 23.2 Å². The summed E-state index contributed by atoms with van der Waals surface area (Å²) in [5, 5.41) is 12.6. The van der Waals surface area contributed by atoms with E-state index in [9.17, 15) is 9.90 Å². The summed E-state index contributed by atoms with van der Waals surface area (Å²) < 4.78 is 10.4. The standard InChI is InChI=1S/C19H15Cl2NO4/c1-2-25-11-16-17(23)26-18(22-16)19(24,12-3-7-14(20)8-4-12)13-5-9-15(21)10-6-13/h3-11,24H,2H2,1H3. The molecule has 1 heterocycles. The van der Waals surface area contributed by atoms with Gasteiger partial charge in [-0.15, -0.1) is 0 Å². The van der Waals surface area contributed by atoms with Crippen LogP contribution in [0.5, 0.6) is 0 Å². The quantitative estimate of drug-likeness (QED) is 0.473. The highest BCUT2D eigenvalue weighted by Gasteiger charge is 2.44. The fourth-order valence-electron chi connectivity index (χ4n) is 2.51. The molecular weight excluding hydrogens is 377 g/mol. The zero-order valence-corrected chi connectivity index (χ0v) is 15.3. The second kappa shape index (κ2) is 7.50. The van der Waals surface area contributed by atoms with Crippen molar-refractivity contribution in [3.05, 3.63) is 81.7 Å². The summed E-state index contributed by atoms with van der Waals surface area (Å²) in [7, 11) is 0. The molecule has 134 valence electrons. The minimum atomic E-state index is -1.80. The minimum Gasteiger partial charge on any atom is -0.499 e. The van der Waals surface area contributed by atoms with Crippen molar-refractivity contribution in [2.75, 3.05) is 6.61 Å². The molecule has 1 aliphatic heterocycles. The van der Waals surface area contributed by atoms with E-state index in [-0.39, 0.29) is 11.6 Å². The predicted octanol–water partition coefficient (Wildman–Crippen LogP) is 4.06. The number of rotatable bonds is 5. The summed E-state index contributed by atoms with van der Waals surface area (Å²) in [6.07, 6.45) is 1.21. The molecule has 2 aromatic carbocycles. The van der Waals surface area contributed by atoms with Gasteiger partial charge in [0.05, 0.1) is 6.61 Å². The van der Waals surface area contributed by atoms with Gasteiger partial charge in [0.25, 0.3) is 0 Å². The van der Waals surface area contributed by atoms with Gasteiger partial charge in [-0.3, -0.25) is 0 Å². The van der Waals surface area contributed by atoms with Gasteiger partial charge < -0.3 is 14.6 Å². The van der Waals surface area contributed by atoms with Crippen LogP contribution in [-0.4, -0.2) is 23.6 Å². The van der Waals surface area contributed by atoms with Crippen LogP contribution in [-0.2, 0) is 19.9 Å². The Hall–Kier alpha value is -2.34. The number of cyclic esters (lactones) is 1. The first kappa shape index (κ1) is 18.5. The number of hydrogen-bond acceptors (Lipinski definition) is 5. The number of hydrogen-bond donors (Lipinski definition) is 1. The van der Waals surface area contributed by atoms with Gasteiger partial charge in [0.1, 0.15) is 6.26 Å². The number of aliphatic imine (C=N–C) groups is 1. The van der Waals surface area contributed by atoms with E-state index in [4.69, 9.17) is 32.7 Å². The van der Waals surface area contributed by atoms with Crippen LogP contribution in [0.3, 0.4) is 0 Å². The highest BCUT2D eigenvalue weighted by molar-refractivity contribution is 6.30. The molecule has 0 saturated heterocycles. The molecule has 5 nitrogen and oxygen atoms in total. The molecule has 0 bridgehead atoms. The third-order valence-electron chi connectivity index (χ3n) is 3.82. The lowest BCUT2D eigenvalue weighted by atomic mass is 9.86. The fraction of sp³-hybridized carbons (Fsp3) is 0.158. The largest absolute Gasteiger partial charge is 0.499 e. The number of carbonyl (C=O) groups excluding carboxylic acids is 1. The van der Waals surface area contributed by atoms with E-state index in [1.807, 2.05) is 0 Å². The monoisotopic (exact) mass is 391 g/mol. The Balaban J connectivity index is 2.14. The summed E-state index contributed by atoms with van der Waals surface area (Å²) in [4.78, 5) is 16.2. The Bertz CT molecular complexity index is 828. The van der Waals surface area contributed by atoms with Crippen molar-refractivity contribution < 1.29 is 19.4 Å². The molecule has 1 N–H and O–H groups in total. The average Bonchev–Trinajstić information content (AvgIpc) is 3.01. The van der Waals surface area contributed by atoms with Crippen LogP contribution in [0.2, 0.25) is 10.0 Å². The fourth-order valence-corrected chi connectivity index (χ4v) is 2.76. The maximum atomic E-state index is 12.1. The SMILES string of the molecule is CCOC=C1N=C(C(O)(c2ccc(Cl)cc2)c2ccc(Cl)cc2)OC1=O. The molecule has 0 saturated carbocycles. The zero-order chi connectivity index (χ0) is 18.7. The van der Waals surface area contributed by atoms with Gasteiger partial charge in [-0.2, -0.15) is 0 Å². The molecular formula is C19H15Cl2NO4. The van der Waals surface area contributed by atoms with Crippen molar-refractivity contribution in [1.82, 2.24) is 0 Å². The Morgan fingerprint density at radius 1 is 1.08 bits per heavy atom. The second-order valence-corrected chi connectivity index (χ2v) is 6.36. The van der Waals surface area contributed by atoms with Gasteiger partial charge in [-0.05, 0) is 42.3 Å². The van der Waals surface area contributed by atoms with E-state index in [2.05, 4.69) is 4.99 Å². The molecule has 0 fully saturated rings. The van der Waals surface area contributed by atoms with Crippen LogP contribution in [0.4, 0.5) is 0 Å². The van der Waals surface area contributed by atoms with Crippen LogP contribution in [0.25, 0.3) is 0 Å². The average molecular weight is 392 g/mol. The number of halogens is 2. The Labute approximate surface area is 160 Å². The Morgan fingerprint density at radius 2 is 1.58 bits per heavy atom. The van der Waals surface area contributed by atoms with Crippen molar-refractivity contribution in [3.8, 4) is 0 Å². The lowest BCUT2D eigenvalue weighted by Gasteiger charge is -2.27. The molecule has 0 spiro atoms. The highest BCUT2D eigenvalue weighted by Crippen LogP contribution is 2.36. The van der Waals surface area contributed by atoms with Crippen LogP contribution in [0, 0.1) is 0 Å². The van der Waals surface area contributed by atoms with E-state index in [1.54, 1.807) is 55.5 Å². The molecule has 1 aliphatic rings. The van der Waals surface area contributed by atoms with Gasteiger partial charge in [0.2, 0.25) is 5.90 Å². The number of ether oxygens (including phenoxy) is 2. The maximum Gasteiger partial charge on any atom is 0.366 e. The molecule has 26 heavy (non-hydrogen) atoms. The Morgan fingerprint density at radius 3 is 2.04 bits per heavy atom. The molecule has 0 aromatic heterocycles. The van der Waals surface area contributed by atoms with Crippen LogP contribution in [0.1, 0.15) is 18.1 Å². The summed E-state index contributed by atoms with van der Waals surface area (Å²) in [6, 6.07) is 13.1. The van der Waals surface area contributed by atoms with Crippen molar-refractivity contribution in [3.63, 3.8) is 0 Å². The zero-order valence-electron chi connectivity index (χ0n) is 13.8. The van der Waals surface area contributed by atoms with Crippen molar-refractivity contribution in [2.24, 2.45) is 4.99 Å². The van der Waals surface area contributed by atoms with E-state index in [1.165, 1.54) is 6.26 Å². The van der Waals surface area contributed by atoms with Gasteiger partial charge in [0, 0.05) is 10.0 Å². The van der Waals surface area contributed by atoms with E-state index < -0.39 is 11.6 Å². The maximum absolute atomic E-state index is 12.1. The minimum absolute atomic E-state index is 0.0248. The van der Waals surface area contributed by atoms with E-state index >= 15 is 0 Å². The number of nitrogens with zero attached hydrogens (tertiary/aromatic N) is 1. The number of aliphatic hydroxyl groups is 1. The van der Waals surface area contributed by atoms with Crippen molar-refractivity contribution in [1.29, 1.82) is 0 Å². The van der Waals surface area contributed by atoms with E-state index in [0.717, 1.165) is 0 Å². The van der Waals surface area contributed by atoms with Crippen LogP contribution in [0.15, 0.2) is 65.5 Å². The molecule has 0 amide bonds. The Kier molecular flexibility index (Phi) is 5.32. The van der Waals surface area contributed by atoms with Crippen LogP contribution < -0.4 is 0 Å². The molecule has 0 radical (unpaired) electrons. The molecule has 0 aliphatic carbocycles. The number of benzene rings is 2. The van der Waals surface area contributed by atoms with Gasteiger partial charge in [-0.1, -0.05) is 47.5 Å². The smallest absolute Gasteiger partial charge is 0.366 e. The molecule has 7 heteroatoms. The first-order valence-electron chi connectivity index (χ1n) is 7.82. The molecule has 0 unspecified atom stereocenters. The lowest BCUT2D eigenvalue weighted by Crippen LogP contribution is -2.37. The topological polar surface area (TPSA) is 68.1 Å². The first-order valence-corrected chi connectivity index (χ1v) is 8.58. The third-order valence-corrected chi connectivity index (χ3v) is 4.32. The molecule has 3 rings (SSSR count). The molecule has 0 atom stereocenters. The van der Waals surface area contributed by atoms with Crippen molar-refractivity contribution >= 4 is 35.1 Å². The first-order chi connectivity index (χ1) is 12.4. The number of esters is 1. The van der Waals surface area contributed by atoms with Gasteiger partial charge in [0.15, 0.2) is 11.3 Å². The van der Waals surface area contributed by atoms with Gasteiger partial charge >= 0.3 is 5.97 Å². The number of carbonyl (C=O) groups is 1. The highest BCUT2D eigenvalue weighted by atomic mass is 35.5. The normalized spacial score (nSPS) is 15.8. The molecule has 2 aromatic rings. The third kappa shape index (κ3) is 3.46.